The lowest BCUT2D eigenvalue weighted by molar-refractivity contribution is -0.138. The molecule has 12 heteroatoms. The number of furan rings is 1. The summed E-state index contributed by atoms with van der Waals surface area (Å²) in [7, 11) is -0.846. The summed E-state index contributed by atoms with van der Waals surface area (Å²) in [5.74, 6) is 0.333. The highest BCUT2D eigenvalue weighted by molar-refractivity contribution is 7.85. The molecule has 0 N–H and O–H groups in total. The number of carbonyl (C=O) groups is 2. The van der Waals surface area contributed by atoms with Crippen LogP contribution in [0.15, 0.2) is 35.3 Å². The van der Waals surface area contributed by atoms with Crippen LogP contribution in [-0.2, 0) is 28.2 Å². The smallest absolute Gasteiger partial charge is 0.420 e. The van der Waals surface area contributed by atoms with Crippen LogP contribution >= 0.6 is 0 Å². The van der Waals surface area contributed by atoms with Gasteiger partial charge in [0.25, 0.3) is 5.91 Å². The summed E-state index contributed by atoms with van der Waals surface area (Å²) >= 11 is 0. The van der Waals surface area contributed by atoms with Gasteiger partial charge in [0.2, 0.25) is 5.91 Å². The number of halogens is 3. The number of carbonyl (C=O) groups excluding carboxylic acids is 2. The number of alkyl halides is 3. The fourth-order valence-corrected chi connectivity index (χ4v) is 6.26. The summed E-state index contributed by atoms with van der Waals surface area (Å²) in [5.41, 5.74) is -0.288. The van der Waals surface area contributed by atoms with Gasteiger partial charge in [-0.05, 0) is 31.4 Å². The van der Waals surface area contributed by atoms with E-state index in [0.717, 1.165) is 6.07 Å². The number of pyridine rings is 1. The van der Waals surface area contributed by atoms with E-state index >= 15 is 0 Å². The lowest BCUT2D eigenvalue weighted by atomic mass is 10.1. The van der Waals surface area contributed by atoms with E-state index < -0.39 is 28.4 Å². The number of aryl methyl sites for hydroxylation is 1. The first-order chi connectivity index (χ1) is 17.2. The molecule has 2 aliphatic rings. The zero-order valence-electron chi connectivity index (χ0n) is 19.6. The molecule has 0 radical (unpaired) electrons. The van der Waals surface area contributed by atoms with Gasteiger partial charge < -0.3 is 18.6 Å². The van der Waals surface area contributed by atoms with Crippen LogP contribution in [0.25, 0.3) is 16.8 Å². The molecule has 2 amide bonds. The lowest BCUT2D eigenvalue weighted by Gasteiger charge is -2.40. The van der Waals surface area contributed by atoms with Gasteiger partial charge in [-0.1, -0.05) is 6.92 Å². The molecule has 8 nitrogen and oxygen atoms in total. The van der Waals surface area contributed by atoms with E-state index in [1.165, 1.54) is 28.0 Å². The Morgan fingerprint density at radius 3 is 2.58 bits per heavy atom. The Hall–Kier alpha value is -3.15. The number of nitrogens with zero attached hydrogens (tertiary/aromatic N) is 4. The summed E-state index contributed by atoms with van der Waals surface area (Å²) in [5, 5.41) is 0. The van der Waals surface area contributed by atoms with Gasteiger partial charge in [-0.15, -0.1) is 0 Å². The van der Waals surface area contributed by atoms with E-state index in [-0.39, 0.29) is 48.4 Å². The summed E-state index contributed by atoms with van der Waals surface area (Å²) in [6.07, 6.45) is 1.15. The van der Waals surface area contributed by atoms with E-state index in [2.05, 4.69) is 4.98 Å². The van der Waals surface area contributed by atoms with Crippen LogP contribution in [0.1, 0.15) is 41.5 Å². The fourth-order valence-electron chi connectivity index (χ4n) is 4.98. The van der Waals surface area contributed by atoms with Crippen LogP contribution in [0.5, 0.6) is 0 Å². The van der Waals surface area contributed by atoms with Gasteiger partial charge in [-0.3, -0.25) is 13.8 Å². The van der Waals surface area contributed by atoms with Gasteiger partial charge >= 0.3 is 6.18 Å². The summed E-state index contributed by atoms with van der Waals surface area (Å²) < 4.78 is 60.0. The largest absolute Gasteiger partial charge is 0.472 e. The molecule has 3 aromatic rings. The minimum Gasteiger partial charge on any atom is -0.472 e. The molecule has 0 aliphatic carbocycles. The Kier molecular flexibility index (Phi) is 6.39. The summed E-state index contributed by atoms with van der Waals surface area (Å²) in [6, 6.07) is 2.57. The normalized spacial score (nSPS) is 21.4. The Morgan fingerprint density at radius 1 is 1.22 bits per heavy atom. The van der Waals surface area contributed by atoms with Gasteiger partial charge in [0, 0.05) is 58.8 Å². The molecule has 5 heterocycles. The van der Waals surface area contributed by atoms with Crippen molar-refractivity contribution in [1.29, 1.82) is 0 Å². The Bertz CT molecular complexity index is 1330. The molecule has 0 saturated carbocycles. The molecule has 192 valence electrons. The molecule has 0 spiro atoms. The topological polar surface area (TPSA) is 88.1 Å². The predicted octanol–water partition coefficient (Wildman–Crippen LogP) is 3.37. The molecule has 0 bridgehead atoms. The first kappa shape index (κ1) is 24.5. The average molecular weight is 523 g/mol. The van der Waals surface area contributed by atoms with Crippen molar-refractivity contribution < 1.29 is 31.4 Å². The predicted molar refractivity (Wildman–Crippen MR) is 126 cm³/mol. The van der Waals surface area contributed by atoms with Crippen LogP contribution < -0.4 is 0 Å². The van der Waals surface area contributed by atoms with E-state index in [4.69, 9.17) is 4.42 Å². The molecule has 0 aromatic carbocycles. The molecule has 2 fully saturated rings. The van der Waals surface area contributed by atoms with Crippen molar-refractivity contribution in [2.75, 3.05) is 31.1 Å². The van der Waals surface area contributed by atoms with E-state index in [0.29, 0.717) is 42.1 Å². The van der Waals surface area contributed by atoms with Crippen molar-refractivity contribution in [3.63, 3.8) is 0 Å². The number of hydrogen-bond donors (Lipinski definition) is 0. The SMILES string of the molecule is CCc1c(C(=O)N2CCN(C3CCS(=O)CC3)C(=O)C2)nc2c(C(F)(F)F)cc(-c3ccoc3)cn12. The van der Waals surface area contributed by atoms with E-state index in [9.17, 15) is 27.0 Å². The van der Waals surface area contributed by atoms with Crippen LogP contribution in [0.2, 0.25) is 0 Å². The number of piperazine rings is 1. The van der Waals surface area contributed by atoms with Crippen molar-refractivity contribution >= 4 is 28.3 Å². The maximum Gasteiger partial charge on any atom is 0.420 e. The maximum absolute atomic E-state index is 14.0. The standard InChI is InChI=1S/C24H25F3N4O4S/c1-2-19-21(23(33)29-6-7-30(20(32)13-29)17-4-9-36(34)10-5-17)28-22-18(24(25,26)27)11-16(12-31(19)22)15-3-8-35-14-15/h3,8,11-12,14,17H,2,4-7,9-10,13H2,1H3. The number of aromatic nitrogens is 2. The third kappa shape index (κ3) is 4.42. The fraction of sp³-hybridized carbons (Fsp3) is 0.458. The Balaban J connectivity index is 1.47. The molecule has 36 heavy (non-hydrogen) atoms. The zero-order chi connectivity index (χ0) is 25.6. The van der Waals surface area contributed by atoms with Gasteiger partial charge in [0.15, 0.2) is 5.69 Å². The van der Waals surface area contributed by atoms with Crippen molar-refractivity contribution in [3.05, 3.63) is 47.8 Å². The van der Waals surface area contributed by atoms with Crippen molar-refractivity contribution in [3.8, 4) is 11.1 Å². The zero-order valence-corrected chi connectivity index (χ0v) is 20.4. The first-order valence-electron chi connectivity index (χ1n) is 11.8. The van der Waals surface area contributed by atoms with Gasteiger partial charge in [0.1, 0.15) is 12.2 Å². The second-order valence-corrected chi connectivity index (χ2v) is 10.7. The average Bonchev–Trinajstić information content (AvgIpc) is 3.51. The summed E-state index contributed by atoms with van der Waals surface area (Å²) in [4.78, 5) is 33.6. The third-order valence-corrected chi connectivity index (χ3v) is 8.24. The minimum atomic E-state index is -4.69. The Labute approximate surface area is 207 Å². The number of hydrogen-bond acceptors (Lipinski definition) is 5. The number of rotatable bonds is 4. The number of amides is 2. The van der Waals surface area contributed by atoms with Crippen LogP contribution in [0.4, 0.5) is 13.2 Å². The molecular formula is C24H25F3N4O4S. The minimum absolute atomic E-state index is 0.00420. The lowest BCUT2D eigenvalue weighted by Crippen LogP contribution is -2.56. The molecule has 2 aliphatic heterocycles. The maximum atomic E-state index is 14.0. The number of imidazole rings is 1. The summed E-state index contributed by atoms with van der Waals surface area (Å²) in [6.45, 7) is 2.17. The van der Waals surface area contributed by atoms with E-state index in [1.807, 2.05) is 0 Å². The quantitative estimate of drug-likeness (QED) is 0.524. The second-order valence-electron chi connectivity index (χ2n) is 9.00. The van der Waals surface area contributed by atoms with Gasteiger partial charge in [0.05, 0.1) is 23.8 Å². The Morgan fingerprint density at radius 2 is 1.97 bits per heavy atom. The molecule has 3 aromatic heterocycles. The van der Waals surface area contributed by atoms with Gasteiger partial charge in [-0.2, -0.15) is 13.2 Å². The first-order valence-corrected chi connectivity index (χ1v) is 13.2. The molecule has 2 saturated heterocycles. The highest BCUT2D eigenvalue weighted by Crippen LogP contribution is 2.36. The van der Waals surface area contributed by atoms with Crippen molar-refractivity contribution in [1.82, 2.24) is 19.2 Å². The van der Waals surface area contributed by atoms with Crippen LogP contribution in [-0.4, -0.2) is 72.4 Å². The third-order valence-electron chi connectivity index (χ3n) is 6.86. The van der Waals surface area contributed by atoms with Gasteiger partial charge in [-0.25, -0.2) is 4.98 Å². The van der Waals surface area contributed by atoms with Crippen molar-refractivity contribution in [2.24, 2.45) is 0 Å². The molecular weight excluding hydrogens is 497 g/mol. The monoisotopic (exact) mass is 522 g/mol. The highest BCUT2D eigenvalue weighted by atomic mass is 32.2. The number of fused-ring (bicyclic) bond motifs is 1. The second kappa shape index (κ2) is 9.38. The molecule has 0 atom stereocenters. The van der Waals surface area contributed by atoms with Crippen molar-refractivity contribution in [2.45, 2.75) is 38.4 Å². The molecule has 5 rings (SSSR count). The highest BCUT2D eigenvalue weighted by Gasteiger charge is 2.38. The molecule has 0 unspecified atom stereocenters. The van der Waals surface area contributed by atoms with Crippen LogP contribution in [0, 0.1) is 0 Å². The van der Waals surface area contributed by atoms with E-state index in [1.54, 1.807) is 17.9 Å². The van der Waals surface area contributed by atoms with Crippen LogP contribution in [0.3, 0.4) is 0 Å².